The molecule has 1 saturated carbocycles. The van der Waals surface area contributed by atoms with Crippen molar-refractivity contribution in [1.29, 1.82) is 0 Å². The SMILES string of the molecule is CC1CCCC(Nc2cc(F)ccc2Br)CC1. The molecule has 0 saturated heterocycles. The first-order chi connectivity index (χ1) is 8.15. The molecule has 0 spiro atoms. The molecule has 1 aromatic rings. The lowest BCUT2D eigenvalue weighted by atomic mass is 10.0. The van der Waals surface area contributed by atoms with Crippen molar-refractivity contribution in [1.82, 2.24) is 0 Å². The van der Waals surface area contributed by atoms with Crippen molar-refractivity contribution in [2.75, 3.05) is 5.32 Å². The van der Waals surface area contributed by atoms with Gasteiger partial charge in [-0.3, -0.25) is 0 Å². The summed E-state index contributed by atoms with van der Waals surface area (Å²) in [5.41, 5.74) is 0.879. The largest absolute Gasteiger partial charge is 0.381 e. The van der Waals surface area contributed by atoms with Crippen molar-refractivity contribution in [3.8, 4) is 0 Å². The molecule has 1 N–H and O–H groups in total. The van der Waals surface area contributed by atoms with Crippen LogP contribution in [-0.4, -0.2) is 6.04 Å². The normalized spacial score (nSPS) is 25.4. The van der Waals surface area contributed by atoms with Gasteiger partial charge in [-0.15, -0.1) is 0 Å². The lowest BCUT2D eigenvalue weighted by molar-refractivity contribution is 0.502. The predicted molar refractivity (Wildman–Crippen MR) is 73.8 cm³/mol. The maximum Gasteiger partial charge on any atom is 0.125 e. The number of benzene rings is 1. The third-order valence-corrected chi connectivity index (χ3v) is 4.24. The molecule has 2 rings (SSSR count). The smallest absolute Gasteiger partial charge is 0.125 e. The summed E-state index contributed by atoms with van der Waals surface area (Å²) in [6.07, 6.45) is 6.23. The molecular weight excluding hydrogens is 281 g/mol. The summed E-state index contributed by atoms with van der Waals surface area (Å²) >= 11 is 3.46. The fourth-order valence-electron chi connectivity index (χ4n) is 2.46. The number of nitrogens with one attached hydrogen (secondary N) is 1. The molecule has 0 aliphatic heterocycles. The van der Waals surface area contributed by atoms with Crippen molar-refractivity contribution in [2.24, 2.45) is 5.92 Å². The highest BCUT2D eigenvalue weighted by molar-refractivity contribution is 9.10. The van der Waals surface area contributed by atoms with Crippen LogP contribution in [0.25, 0.3) is 0 Å². The molecule has 1 aromatic carbocycles. The second-order valence-corrected chi connectivity index (χ2v) is 5.93. The van der Waals surface area contributed by atoms with Crippen LogP contribution in [0.5, 0.6) is 0 Å². The molecule has 1 fully saturated rings. The van der Waals surface area contributed by atoms with Crippen molar-refractivity contribution in [2.45, 2.75) is 45.1 Å². The van der Waals surface area contributed by atoms with Gasteiger partial charge in [0.05, 0.1) is 5.69 Å². The van der Waals surface area contributed by atoms with Gasteiger partial charge < -0.3 is 5.32 Å². The van der Waals surface area contributed by atoms with Crippen molar-refractivity contribution < 1.29 is 4.39 Å². The van der Waals surface area contributed by atoms with E-state index in [4.69, 9.17) is 0 Å². The number of halogens is 2. The van der Waals surface area contributed by atoms with Crippen LogP contribution in [0.2, 0.25) is 0 Å². The van der Waals surface area contributed by atoms with E-state index in [0.29, 0.717) is 6.04 Å². The van der Waals surface area contributed by atoms with Gasteiger partial charge in [0.25, 0.3) is 0 Å². The molecule has 1 aliphatic carbocycles. The zero-order chi connectivity index (χ0) is 12.3. The maximum atomic E-state index is 13.2. The monoisotopic (exact) mass is 299 g/mol. The van der Waals surface area contributed by atoms with Crippen LogP contribution in [0.4, 0.5) is 10.1 Å². The quantitative estimate of drug-likeness (QED) is 0.760. The fraction of sp³-hybridized carbons (Fsp3) is 0.571. The van der Waals surface area contributed by atoms with E-state index in [1.54, 1.807) is 12.1 Å². The minimum Gasteiger partial charge on any atom is -0.381 e. The Labute approximate surface area is 111 Å². The van der Waals surface area contributed by atoms with Crippen molar-refractivity contribution >= 4 is 21.6 Å². The van der Waals surface area contributed by atoms with E-state index in [0.717, 1.165) is 16.1 Å². The first-order valence-corrected chi connectivity index (χ1v) is 7.16. The molecule has 1 nitrogen and oxygen atoms in total. The molecule has 3 heteroatoms. The molecular formula is C14H19BrFN. The fourth-order valence-corrected chi connectivity index (χ4v) is 2.82. The van der Waals surface area contributed by atoms with Crippen LogP contribution in [-0.2, 0) is 0 Å². The van der Waals surface area contributed by atoms with Gasteiger partial charge in [-0.2, -0.15) is 0 Å². The van der Waals surface area contributed by atoms with Crippen LogP contribution in [0.3, 0.4) is 0 Å². The van der Waals surface area contributed by atoms with Crippen LogP contribution in [0.1, 0.15) is 39.0 Å². The Morgan fingerprint density at radius 3 is 2.88 bits per heavy atom. The summed E-state index contributed by atoms with van der Waals surface area (Å²) in [6.45, 7) is 2.32. The second kappa shape index (κ2) is 5.85. The minimum absolute atomic E-state index is 0.183. The summed E-state index contributed by atoms with van der Waals surface area (Å²) < 4.78 is 14.1. The highest BCUT2D eigenvalue weighted by Gasteiger charge is 2.16. The van der Waals surface area contributed by atoms with Gasteiger partial charge in [0.15, 0.2) is 0 Å². The molecule has 94 valence electrons. The molecule has 0 heterocycles. The van der Waals surface area contributed by atoms with Gasteiger partial charge in [0.2, 0.25) is 0 Å². The van der Waals surface area contributed by atoms with E-state index in [1.807, 2.05) is 0 Å². The van der Waals surface area contributed by atoms with E-state index in [2.05, 4.69) is 28.2 Å². The van der Waals surface area contributed by atoms with Gasteiger partial charge in [0, 0.05) is 10.5 Å². The van der Waals surface area contributed by atoms with E-state index >= 15 is 0 Å². The molecule has 17 heavy (non-hydrogen) atoms. The molecule has 0 amide bonds. The Morgan fingerprint density at radius 2 is 2.06 bits per heavy atom. The first kappa shape index (κ1) is 12.9. The summed E-state index contributed by atoms with van der Waals surface area (Å²) in [6, 6.07) is 5.29. The lowest BCUT2D eigenvalue weighted by Gasteiger charge is -2.18. The Hall–Kier alpha value is -0.570. The Morgan fingerprint density at radius 1 is 1.24 bits per heavy atom. The van der Waals surface area contributed by atoms with Crippen LogP contribution in [0, 0.1) is 11.7 Å². The van der Waals surface area contributed by atoms with Gasteiger partial charge in [-0.1, -0.05) is 19.8 Å². The number of hydrogen-bond acceptors (Lipinski definition) is 1. The number of rotatable bonds is 2. The van der Waals surface area contributed by atoms with E-state index in [1.165, 1.54) is 38.2 Å². The Bertz CT molecular complexity index is 380. The van der Waals surface area contributed by atoms with Gasteiger partial charge >= 0.3 is 0 Å². The third-order valence-electron chi connectivity index (χ3n) is 3.55. The van der Waals surface area contributed by atoms with Crippen molar-refractivity contribution in [3.63, 3.8) is 0 Å². The summed E-state index contributed by atoms with van der Waals surface area (Å²) in [4.78, 5) is 0. The molecule has 2 unspecified atom stereocenters. The van der Waals surface area contributed by atoms with Gasteiger partial charge in [0.1, 0.15) is 5.82 Å². The predicted octanol–water partition coefficient (Wildman–Crippen LogP) is 4.97. The maximum absolute atomic E-state index is 13.2. The van der Waals surface area contributed by atoms with Crippen LogP contribution < -0.4 is 5.32 Å². The van der Waals surface area contributed by atoms with E-state index in [9.17, 15) is 4.39 Å². The van der Waals surface area contributed by atoms with Gasteiger partial charge in [-0.25, -0.2) is 4.39 Å². The van der Waals surface area contributed by atoms with E-state index in [-0.39, 0.29) is 5.82 Å². The molecule has 0 bridgehead atoms. The average molecular weight is 300 g/mol. The first-order valence-electron chi connectivity index (χ1n) is 6.37. The zero-order valence-electron chi connectivity index (χ0n) is 10.2. The Kier molecular flexibility index (Phi) is 4.43. The second-order valence-electron chi connectivity index (χ2n) is 5.08. The lowest BCUT2D eigenvalue weighted by Crippen LogP contribution is -2.18. The highest BCUT2D eigenvalue weighted by Crippen LogP contribution is 2.28. The highest BCUT2D eigenvalue weighted by atomic mass is 79.9. The minimum atomic E-state index is -0.183. The summed E-state index contributed by atoms with van der Waals surface area (Å²) in [5, 5.41) is 3.46. The molecule has 0 aromatic heterocycles. The number of anilines is 1. The third kappa shape index (κ3) is 3.70. The Balaban J connectivity index is 2.02. The average Bonchev–Trinajstić information content (AvgIpc) is 2.49. The van der Waals surface area contributed by atoms with E-state index < -0.39 is 0 Å². The number of hydrogen-bond donors (Lipinski definition) is 1. The van der Waals surface area contributed by atoms with Crippen LogP contribution in [0.15, 0.2) is 22.7 Å². The standard InChI is InChI=1S/C14H19BrFN/c1-10-3-2-4-12(7-5-10)17-14-9-11(16)6-8-13(14)15/h6,8-10,12,17H,2-5,7H2,1H3. The van der Waals surface area contributed by atoms with Gasteiger partial charge in [-0.05, 0) is 59.3 Å². The summed E-state index contributed by atoms with van der Waals surface area (Å²) in [7, 11) is 0. The van der Waals surface area contributed by atoms with Crippen LogP contribution >= 0.6 is 15.9 Å². The molecule has 2 atom stereocenters. The topological polar surface area (TPSA) is 12.0 Å². The molecule has 1 aliphatic rings. The zero-order valence-corrected chi connectivity index (χ0v) is 11.8. The molecule has 0 radical (unpaired) electrons. The van der Waals surface area contributed by atoms with Crippen molar-refractivity contribution in [3.05, 3.63) is 28.5 Å². The summed E-state index contributed by atoms with van der Waals surface area (Å²) in [5.74, 6) is 0.649.